The van der Waals surface area contributed by atoms with Crippen molar-refractivity contribution < 1.29 is 335 Å². The molecule has 100 heavy (non-hydrogen) atoms. The summed E-state index contributed by atoms with van der Waals surface area (Å²) in [6, 6.07) is 33.9. The van der Waals surface area contributed by atoms with E-state index in [-0.39, 0.29) is 375 Å². The number of carboxylic acids is 8. The van der Waals surface area contributed by atoms with E-state index in [0.717, 1.165) is 0 Å². The van der Waals surface area contributed by atoms with Crippen molar-refractivity contribution in [3.63, 3.8) is 0 Å². The smallest absolute Gasteiger partial charge is 0.546 e. The number of nitrogens with zero attached hydrogens (tertiary/aromatic N) is 4. The molecule has 24 nitrogen and oxygen atoms in total. The van der Waals surface area contributed by atoms with Gasteiger partial charge >= 0.3 is 236 Å². The van der Waals surface area contributed by atoms with E-state index in [1.165, 1.54) is 170 Å². The van der Waals surface area contributed by atoms with Gasteiger partial charge in [-0.2, -0.15) is 0 Å². The molecule has 0 aliphatic heterocycles. The number of benzene rings is 8. The van der Waals surface area contributed by atoms with E-state index in [2.05, 4.69) is 0 Å². The molecule has 0 fully saturated rings. The second-order valence-electron chi connectivity index (χ2n) is 20.4. The van der Waals surface area contributed by atoms with E-state index >= 15 is 0 Å². The normalized spacial score (nSPS) is 11.0. The third-order valence-corrected chi connectivity index (χ3v) is 13.8. The van der Waals surface area contributed by atoms with Gasteiger partial charge < -0.3 is 98.2 Å². The molecule has 0 N–H and O–H groups in total. The molecule has 0 heterocycles. The van der Waals surface area contributed by atoms with Gasteiger partial charge in [-0.25, -0.2) is 0 Å². The van der Waals surface area contributed by atoms with Gasteiger partial charge in [-0.1, -0.05) is 97.1 Å². The van der Waals surface area contributed by atoms with E-state index < -0.39 is 74.2 Å². The molecular weight excluding hydrogens is 1380 g/mol. The van der Waals surface area contributed by atoms with E-state index in [0.29, 0.717) is 22.3 Å². The fourth-order valence-corrected chi connectivity index (χ4v) is 9.80. The summed E-state index contributed by atoms with van der Waals surface area (Å²) in [7, 11) is 0. The van der Waals surface area contributed by atoms with Crippen LogP contribution >= 0.6 is 0 Å². The number of hydrogen-bond acceptors (Lipinski definition) is 24. The molecule has 8 aromatic carbocycles. The first-order valence-electron chi connectivity index (χ1n) is 27.5. The van der Waals surface area contributed by atoms with Crippen LogP contribution in [0.2, 0.25) is 0 Å². The first kappa shape index (κ1) is 93.4. The van der Waals surface area contributed by atoms with Crippen molar-refractivity contribution in [2.24, 2.45) is 20.0 Å². The Morgan fingerprint density at radius 2 is 0.420 bits per heavy atom. The van der Waals surface area contributed by atoms with Crippen LogP contribution in [0.15, 0.2) is 166 Å². The molecule has 0 unspecified atom stereocenters. The van der Waals surface area contributed by atoms with E-state index in [1.807, 2.05) is 0 Å². The summed E-state index contributed by atoms with van der Waals surface area (Å²) in [5.74, 6) is -12.9. The number of aliphatic carboxylic acids is 4. The fraction of sp³-hybridized carbons (Fsp3) is 0.118. The number of ether oxygens (including phenoxy) is 4. The second-order valence-corrected chi connectivity index (χ2v) is 20.4. The maximum atomic E-state index is 12.4. The summed E-state index contributed by atoms with van der Waals surface area (Å²) in [5.41, 5.74) is 2.75. The SMILES string of the molecule is O=C([O-])COc1c2cc(N=Cc3ccc(C(=O)[O-])cc3)cc1Cc1cc(N=Cc3ccc(C(=O)[O-])cc3)cc(c1OCC(=O)[O-])Cc1cc(N=Cc3ccc(C(=O)[O-])cc3)cc(c1OCC(=O)[O-])Cc1cc(N=Cc3ccc(C(=O)[O-])cc3)cc(c1OCC(=O)[O-])C2.[Na+].[Na+].[Na+].[Na+].[Na+].[Na+].[Na+].[Na+]. The summed E-state index contributed by atoms with van der Waals surface area (Å²) in [4.78, 5) is 115. The van der Waals surface area contributed by atoms with Crippen LogP contribution < -0.4 is 296 Å². The number of fused-ring (bicyclic) bond motifs is 8. The maximum Gasteiger partial charge on any atom is 1.00 e. The first-order chi connectivity index (χ1) is 44.1. The first-order valence-corrected chi connectivity index (χ1v) is 27.5. The molecule has 0 amide bonds. The van der Waals surface area contributed by atoms with Crippen LogP contribution in [0, 0.1) is 0 Å². The van der Waals surface area contributed by atoms with Crippen LogP contribution in [0.5, 0.6) is 23.0 Å². The number of rotatable bonds is 24. The molecule has 1 aliphatic rings. The van der Waals surface area contributed by atoms with Gasteiger partial charge in [0.15, 0.2) is 0 Å². The van der Waals surface area contributed by atoms with Gasteiger partial charge in [0, 0.05) is 95.0 Å². The molecule has 464 valence electrons. The van der Waals surface area contributed by atoms with Crippen molar-refractivity contribution >= 4 is 95.4 Å². The molecule has 1 aliphatic carbocycles. The average molecular weight is 1420 g/mol. The predicted octanol–water partition coefficient (Wildman–Crippen LogP) is -24.6. The Hall–Kier alpha value is -4.60. The number of carbonyl (C=O) groups is 8. The minimum Gasteiger partial charge on any atom is -0.546 e. The van der Waals surface area contributed by atoms with Crippen molar-refractivity contribution in [2.75, 3.05) is 26.4 Å². The monoisotopic (exact) mass is 1420 g/mol. The van der Waals surface area contributed by atoms with Gasteiger partial charge in [-0.05, 0) is 93.0 Å². The van der Waals surface area contributed by atoms with Gasteiger partial charge in [0.1, 0.15) is 49.4 Å². The van der Waals surface area contributed by atoms with E-state index in [4.69, 9.17) is 38.9 Å². The van der Waals surface area contributed by atoms with Crippen molar-refractivity contribution in [3.8, 4) is 23.0 Å². The van der Waals surface area contributed by atoms with Crippen LogP contribution in [0.25, 0.3) is 0 Å². The van der Waals surface area contributed by atoms with Crippen LogP contribution in [0.4, 0.5) is 22.7 Å². The van der Waals surface area contributed by atoms with Crippen LogP contribution in [-0.2, 0) is 44.9 Å². The minimum atomic E-state index is -1.67. The molecule has 0 spiro atoms. The van der Waals surface area contributed by atoms with Crippen molar-refractivity contribution in [3.05, 3.63) is 235 Å². The number of hydrogen-bond donors (Lipinski definition) is 0. The molecule has 0 saturated heterocycles. The van der Waals surface area contributed by atoms with Gasteiger partial charge in [0.2, 0.25) is 0 Å². The van der Waals surface area contributed by atoms with Gasteiger partial charge in [0.25, 0.3) is 0 Å². The summed E-state index contributed by atoms with van der Waals surface area (Å²) >= 11 is 0. The summed E-state index contributed by atoms with van der Waals surface area (Å²) in [6.45, 7) is -4.25. The Labute approximate surface area is 748 Å². The van der Waals surface area contributed by atoms with Crippen LogP contribution in [0.1, 0.15) is 108 Å². The molecule has 0 atom stereocenters. The quantitative estimate of drug-likeness (QED) is 0.0400. The van der Waals surface area contributed by atoms with Crippen molar-refractivity contribution in [2.45, 2.75) is 25.7 Å². The Kier molecular flexibility index (Phi) is 42.0. The largest absolute Gasteiger partial charge is 1.00 e. The number of aromatic carboxylic acids is 4. The van der Waals surface area contributed by atoms with Gasteiger partial charge in [0.05, 0.1) is 70.5 Å². The van der Waals surface area contributed by atoms with E-state index in [1.54, 1.807) is 0 Å². The predicted molar refractivity (Wildman–Crippen MR) is 311 cm³/mol. The molecule has 8 bridgehead atoms. The standard InChI is InChI=1S/C68H52N4O20.8Na/c73-57(74)33-89-61-45-17-47-23-54(70-30-38-3-11-42(12-4-38)66(83)84)25-49(62(47)90-34-58(75)76)19-51-27-56(72-32-40-7-15-44(16-8-40)68(87)88)28-52(64(51)92-36-60(79)80)20-50-26-55(71-31-39-5-13-43(14-6-39)67(85)86)24-48(63(50)91-35-59(77)78)18-46(61)22-53(21-45)69-29-37-1-9-41(10-2-37)65(81)82;;;;;;;;/h1-16,21-32H,17-20,33-36H2,(H,73,74)(H,75,76)(H,77,78)(H,79,80)(H,81,82)(H,83,84)(H,85,86)(H,87,88);;;;;;;;/q;8*+1/p-8. The molecule has 9 rings (SSSR count). The van der Waals surface area contributed by atoms with Crippen LogP contribution in [-0.4, -0.2) is 99.0 Å². The number of carbonyl (C=O) groups excluding carboxylic acids is 8. The Morgan fingerprint density at radius 1 is 0.270 bits per heavy atom. The molecular formula is C68H44N4Na8O20. The Bertz CT molecular complexity index is 3740. The second kappa shape index (κ2) is 44.9. The van der Waals surface area contributed by atoms with Crippen molar-refractivity contribution in [1.82, 2.24) is 0 Å². The Morgan fingerprint density at radius 3 is 0.550 bits per heavy atom. The third-order valence-electron chi connectivity index (χ3n) is 13.8. The summed E-state index contributed by atoms with van der Waals surface area (Å²) in [5, 5.41) is 96.2. The zero-order valence-corrected chi connectivity index (χ0v) is 71.8. The number of carboxylic acid groups (broad SMARTS) is 8. The fourth-order valence-electron chi connectivity index (χ4n) is 9.80. The Balaban J connectivity index is 0.00000625. The number of aliphatic imine (C=N–C) groups is 4. The topological polar surface area (TPSA) is 407 Å². The minimum absolute atomic E-state index is 0. The third kappa shape index (κ3) is 27.1. The molecule has 0 radical (unpaired) electrons. The summed E-state index contributed by atoms with van der Waals surface area (Å²) in [6.07, 6.45) is 4.10. The zero-order valence-electron chi connectivity index (χ0n) is 55.8. The molecule has 8 aromatic rings. The van der Waals surface area contributed by atoms with Gasteiger partial charge in [-0.15, -0.1) is 0 Å². The van der Waals surface area contributed by atoms with Crippen LogP contribution in [0.3, 0.4) is 0 Å². The van der Waals surface area contributed by atoms with E-state index in [9.17, 15) is 79.2 Å². The molecule has 0 aromatic heterocycles. The average Bonchev–Trinajstić information content (AvgIpc) is 0.775. The van der Waals surface area contributed by atoms with Crippen molar-refractivity contribution in [1.29, 1.82) is 0 Å². The molecule has 32 heteroatoms. The maximum absolute atomic E-state index is 12.4. The zero-order chi connectivity index (χ0) is 65.6. The molecule has 0 saturated carbocycles. The van der Waals surface area contributed by atoms with Gasteiger partial charge in [-0.3, -0.25) is 20.0 Å². The summed E-state index contributed by atoms with van der Waals surface area (Å²) < 4.78 is 24.5.